The van der Waals surface area contributed by atoms with Gasteiger partial charge in [-0.1, -0.05) is 46.8 Å². The highest BCUT2D eigenvalue weighted by Gasteiger charge is 2.31. The zero-order valence-electron chi connectivity index (χ0n) is 15.7. The Morgan fingerprint density at radius 3 is 2.55 bits per heavy atom. The number of nitrogens with zero attached hydrogens (tertiary/aromatic N) is 3. The SMILES string of the molecule is CC(C)(Oc1ccc(Cl)cc1)C(=O)Nc1nnc(SCc2ccc(C#N)cc2)s1. The Balaban J connectivity index is 1.56. The number of rotatable bonds is 7. The molecule has 0 spiro atoms. The zero-order valence-corrected chi connectivity index (χ0v) is 18.1. The van der Waals surface area contributed by atoms with E-state index in [-0.39, 0.29) is 5.91 Å². The smallest absolute Gasteiger partial charge is 0.269 e. The van der Waals surface area contributed by atoms with Gasteiger partial charge in [-0.2, -0.15) is 5.26 Å². The minimum absolute atomic E-state index is 0.327. The number of hydrogen-bond acceptors (Lipinski definition) is 7. The minimum atomic E-state index is -1.10. The normalized spacial score (nSPS) is 11.0. The Labute approximate surface area is 181 Å². The lowest BCUT2D eigenvalue weighted by molar-refractivity contribution is -0.128. The Hall–Kier alpha value is -2.60. The van der Waals surface area contributed by atoms with Crippen LogP contribution in [0.15, 0.2) is 52.9 Å². The van der Waals surface area contributed by atoms with E-state index >= 15 is 0 Å². The quantitative estimate of drug-likeness (QED) is 0.400. The molecule has 0 saturated heterocycles. The third-order valence-corrected chi connectivity index (χ3v) is 6.10. The number of thioether (sulfide) groups is 1. The molecule has 0 bridgehead atoms. The summed E-state index contributed by atoms with van der Waals surface area (Å²) in [6.07, 6.45) is 0. The van der Waals surface area contributed by atoms with E-state index in [1.54, 1.807) is 50.2 Å². The van der Waals surface area contributed by atoms with Crippen LogP contribution in [-0.2, 0) is 10.5 Å². The Morgan fingerprint density at radius 1 is 1.21 bits per heavy atom. The number of nitriles is 1. The van der Waals surface area contributed by atoms with Gasteiger partial charge in [0.2, 0.25) is 5.13 Å². The Morgan fingerprint density at radius 2 is 1.90 bits per heavy atom. The van der Waals surface area contributed by atoms with Gasteiger partial charge in [-0.05, 0) is 55.8 Å². The molecule has 9 heteroatoms. The molecule has 0 unspecified atom stereocenters. The van der Waals surface area contributed by atoms with Crippen LogP contribution in [0.3, 0.4) is 0 Å². The van der Waals surface area contributed by atoms with Crippen molar-refractivity contribution in [3.05, 3.63) is 64.7 Å². The van der Waals surface area contributed by atoms with Gasteiger partial charge in [0.05, 0.1) is 11.6 Å². The van der Waals surface area contributed by atoms with Gasteiger partial charge in [-0.25, -0.2) is 0 Å². The van der Waals surface area contributed by atoms with E-state index in [9.17, 15) is 4.79 Å². The zero-order chi connectivity index (χ0) is 20.9. The standard InChI is InChI=1S/C20H17ClN4O2S2/c1-20(2,27-16-9-7-15(21)8-10-16)17(26)23-18-24-25-19(29-18)28-12-14-5-3-13(11-22)4-6-14/h3-10H,12H2,1-2H3,(H,23,24,26). The number of hydrogen-bond donors (Lipinski definition) is 1. The molecule has 0 saturated carbocycles. The maximum Gasteiger partial charge on any atom is 0.269 e. The first-order chi connectivity index (χ1) is 13.9. The summed E-state index contributed by atoms with van der Waals surface area (Å²) in [5.41, 5.74) is 0.602. The van der Waals surface area contributed by atoms with Crippen LogP contribution in [0.5, 0.6) is 5.75 Å². The van der Waals surface area contributed by atoms with Gasteiger partial charge in [0.15, 0.2) is 9.94 Å². The first-order valence-corrected chi connectivity index (χ1v) is 10.7. The van der Waals surface area contributed by atoms with Crippen molar-refractivity contribution in [3.63, 3.8) is 0 Å². The van der Waals surface area contributed by atoms with Gasteiger partial charge in [-0.15, -0.1) is 10.2 Å². The van der Waals surface area contributed by atoms with Gasteiger partial charge >= 0.3 is 0 Å². The lowest BCUT2D eigenvalue weighted by Gasteiger charge is -2.24. The topological polar surface area (TPSA) is 87.9 Å². The molecule has 1 amide bonds. The molecule has 2 aromatic carbocycles. The van der Waals surface area contributed by atoms with Crippen molar-refractivity contribution in [1.82, 2.24) is 10.2 Å². The highest BCUT2D eigenvalue weighted by atomic mass is 35.5. The number of aromatic nitrogens is 2. The number of anilines is 1. The molecular weight excluding hydrogens is 428 g/mol. The van der Waals surface area contributed by atoms with Gasteiger partial charge in [0.1, 0.15) is 5.75 Å². The molecule has 3 aromatic rings. The van der Waals surface area contributed by atoms with E-state index < -0.39 is 5.60 Å². The van der Waals surface area contributed by atoms with Crippen LogP contribution in [0, 0.1) is 11.3 Å². The molecule has 29 heavy (non-hydrogen) atoms. The van der Waals surface area contributed by atoms with Crippen molar-refractivity contribution in [2.24, 2.45) is 0 Å². The molecule has 0 fully saturated rings. The van der Waals surface area contributed by atoms with Crippen molar-refractivity contribution in [2.75, 3.05) is 5.32 Å². The number of nitrogens with one attached hydrogen (secondary N) is 1. The van der Waals surface area contributed by atoms with Crippen molar-refractivity contribution in [2.45, 2.75) is 29.5 Å². The minimum Gasteiger partial charge on any atom is -0.478 e. The first kappa shape index (κ1) is 21.1. The summed E-state index contributed by atoms with van der Waals surface area (Å²) in [5.74, 6) is 0.914. The maximum absolute atomic E-state index is 12.6. The van der Waals surface area contributed by atoms with Crippen LogP contribution in [0.25, 0.3) is 0 Å². The van der Waals surface area contributed by atoms with E-state index in [2.05, 4.69) is 21.6 Å². The second kappa shape index (κ2) is 9.27. The number of carbonyl (C=O) groups excluding carboxylic acids is 1. The average molecular weight is 445 g/mol. The summed E-state index contributed by atoms with van der Waals surface area (Å²) in [4.78, 5) is 12.6. The first-order valence-electron chi connectivity index (χ1n) is 8.57. The summed E-state index contributed by atoms with van der Waals surface area (Å²) >= 11 is 8.68. The number of amides is 1. The lowest BCUT2D eigenvalue weighted by atomic mass is 10.1. The molecule has 0 aliphatic carbocycles. The lowest BCUT2D eigenvalue weighted by Crippen LogP contribution is -2.42. The Kier molecular flexibility index (Phi) is 6.75. The third kappa shape index (κ3) is 5.94. The molecule has 6 nitrogen and oxygen atoms in total. The molecule has 1 heterocycles. The van der Waals surface area contributed by atoms with Gasteiger partial charge in [-0.3, -0.25) is 10.1 Å². The van der Waals surface area contributed by atoms with Crippen molar-refractivity contribution >= 4 is 45.7 Å². The highest BCUT2D eigenvalue weighted by molar-refractivity contribution is 8.00. The number of carbonyl (C=O) groups is 1. The summed E-state index contributed by atoms with van der Waals surface area (Å²) in [7, 11) is 0. The van der Waals surface area contributed by atoms with E-state index in [0.717, 1.165) is 9.90 Å². The molecule has 0 radical (unpaired) electrons. The van der Waals surface area contributed by atoms with Crippen molar-refractivity contribution < 1.29 is 9.53 Å². The average Bonchev–Trinajstić information content (AvgIpc) is 3.15. The molecule has 0 atom stereocenters. The van der Waals surface area contributed by atoms with Crippen molar-refractivity contribution in [1.29, 1.82) is 5.26 Å². The fourth-order valence-electron chi connectivity index (χ4n) is 2.23. The summed E-state index contributed by atoms with van der Waals surface area (Å²) in [6, 6.07) is 16.3. The maximum atomic E-state index is 12.6. The van der Waals surface area contributed by atoms with Crippen LogP contribution in [0.2, 0.25) is 5.02 Å². The van der Waals surface area contributed by atoms with E-state index in [1.165, 1.54) is 23.1 Å². The number of ether oxygens (including phenoxy) is 1. The third-order valence-electron chi connectivity index (χ3n) is 3.81. The summed E-state index contributed by atoms with van der Waals surface area (Å²) < 4.78 is 6.52. The molecule has 1 N–H and O–H groups in total. The predicted molar refractivity (Wildman–Crippen MR) is 115 cm³/mol. The van der Waals surface area contributed by atoms with Gasteiger partial charge < -0.3 is 4.74 Å². The van der Waals surface area contributed by atoms with E-state index in [0.29, 0.717) is 27.2 Å². The van der Waals surface area contributed by atoms with Crippen LogP contribution in [0.1, 0.15) is 25.0 Å². The largest absolute Gasteiger partial charge is 0.478 e. The van der Waals surface area contributed by atoms with Gasteiger partial charge in [0, 0.05) is 10.8 Å². The summed E-state index contributed by atoms with van der Waals surface area (Å²) in [6.45, 7) is 3.36. The summed E-state index contributed by atoms with van der Waals surface area (Å²) in [5, 5.41) is 20.7. The van der Waals surface area contributed by atoms with Gasteiger partial charge in [0.25, 0.3) is 5.91 Å². The molecular formula is C20H17ClN4O2S2. The number of halogens is 1. The second-order valence-corrected chi connectivity index (χ2v) is 9.13. The molecule has 148 valence electrons. The highest BCUT2D eigenvalue weighted by Crippen LogP contribution is 2.29. The number of benzene rings is 2. The van der Waals surface area contributed by atoms with Crippen LogP contribution in [0.4, 0.5) is 5.13 Å². The fourth-order valence-corrected chi connectivity index (χ4v) is 4.06. The molecule has 0 aliphatic heterocycles. The predicted octanol–water partition coefficient (Wildman–Crippen LogP) is 5.15. The van der Waals surface area contributed by atoms with Crippen LogP contribution in [-0.4, -0.2) is 21.7 Å². The van der Waals surface area contributed by atoms with E-state index in [4.69, 9.17) is 21.6 Å². The fraction of sp³-hybridized carbons (Fsp3) is 0.200. The molecule has 0 aliphatic rings. The molecule has 1 aromatic heterocycles. The van der Waals surface area contributed by atoms with E-state index in [1.807, 2.05) is 12.1 Å². The Bertz CT molecular complexity index is 1030. The van der Waals surface area contributed by atoms with Crippen molar-refractivity contribution in [3.8, 4) is 11.8 Å². The van der Waals surface area contributed by atoms with Crippen LogP contribution < -0.4 is 10.1 Å². The monoisotopic (exact) mass is 444 g/mol. The molecule has 3 rings (SSSR count). The second-order valence-electron chi connectivity index (χ2n) is 6.49. The van der Waals surface area contributed by atoms with Crippen LogP contribution >= 0.6 is 34.7 Å².